The van der Waals surface area contributed by atoms with E-state index < -0.39 is 24.0 Å². The van der Waals surface area contributed by atoms with Crippen LogP contribution in [0.5, 0.6) is 69.0 Å². The van der Waals surface area contributed by atoms with Gasteiger partial charge in [-0.3, -0.25) is 4.79 Å². The Bertz CT molecular complexity index is 3570. The molecule has 0 fully saturated rings. The SMILES string of the molecule is COc1ccc(C(O)c2ccc(C(=O)O)cc2)c(OC)c1OC.COc1ccc(C=O)c(OC)c1OC.COc1ccc(Cc2ccc(C(=O)O)cc2)c(OC)c1OC.COc1ccc(Cc2ccc(C)cc2)c(OC)c1OC.O=C(O)c1ccc(Br)cc1. The maximum absolute atomic E-state index is 10.9. The lowest BCUT2D eigenvalue weighted by Gasteiger charge is -2.19. The van der Waals surface area contributed by atoms with E-state index in [1.807, 2.05) is 24.3 Å². The van der Waals surface area contributed by atoms with Crippen LogP contribution in [0.1, 0.15) is 86.5 Å². The van der Waals surface area contributed by atoms with Crippen LogP contribution in [0.2, 0.25) is 0 Å². The number of carbonyl (C=O) groups excluding carboxylic acids is 1. The molecule has 1 atom stereocenters. The van der Waals surface area contributed by atoms with Gasteiger partial charge in [0.25, 0.3) is 0 Å². The summed E-state index contributed by atoms with van der Waals surface area (Å²) in [4.78, 5) is 42.7. The Morgan fingerprint density at radius 2 is 0.697 bits per heavy atom. The van der Waals surface area contributed by atoms with Crippen molar-refractivity contribution in [3.05, 3.63) is 211 Å². The number of carboxylic acids is 3. The number of aliphatic hydroxyl groups is 1. The van der Waals surface area contributed by atoms with Gasteiger partial charge in [0.05, 0.1) is 108 Å². The second kappa shape index (κ2) is 36.1. The second-order valence-electron chi connectivity index (χ2n) is 18.4. The molecule has 0 radical (unpaired) electrons. The van der Waals surface area contributed by atoms with Gasteiger partial charge in [-0.1, -0.05) is 82.2 Å². The fourth-order valence-electron chi connectivity index (χ4n) is 8.65. The van der Waals surface area contributed by atoms with Crippen LogP contribution in [0.15, 0.2) is 150 Å². The van der Waals surface area contributed by atoms with Crippen LogP contribution in [0, 0.1) is 6.92 Å². The number of benzene rings is 8. The highest BCUT2D eigenvalue weighted by molar-refractivity contribution is 9.10. The van der Waals surface area contributed by atoms with Gasteiger partial charge in [0.2, 0.25) is 23.0 Å². The molecular formula is C68H73BrO20. The predicted octanol–water partition coefficient (Wildman–Crippen LogP) is 12.8. The first-order chi connectivity index (χ1) is 42.8. The molecule has 472 valence electrons. The van der Waals surface area contributed by atoms with Gasteiger partial charge in [-0.05, 0) is 109 Å². The van der Waals surface area contributed by atoms with E-state index in [1.54, 1.807) is 128 Å². The van der Waals surface area contributed by atoms with Gasteiger partial charge in [-0.2, -0.15) is 0 Å². The summed E-state index contributed by atoms with van der Waals surface area (Å²) in [5, 5.41) is 36.9. The first-order valence-corrected chi connectivity index (χ1v) is 27.6. The summed E-state index contributed by atoms with van der Waals surface area (Å²) in [6.45, 7) is 2.08. The number of rotatable bonds is 22. The quantitative estimate of drug-likeness (QED) is 0.0460. The fraction of sp³-hybridized carbons (Fsp3) is 0.235. The zero-order valence-electron chi connectivity index (χ0n) is 51.6. The highest BCUT2D eigenvalue weighted by Gasteiger charge is 2.23. The molecule has 21 heteroatoms. The molecule has 0 saturated carbocycles. The van der Waals surface area contributed by atoms with Gasteiger partial charge in [0.15, 0.2) is 52.3 Å². The Morgan fingerprint density at radius 1 is 0.382 bits per heavy atom. The number of aliphatic hydroxyl groups excluding tert-OH is 1. The summed E-state index contributed by atoms with van der Waals surface area (Å²) in [7, 11) is 18.6. The predicted molar refractivity (Wildman–Crippen MR) is 339 cm³/mol. The Labute approximate surface area is 525 Å². The van der Waals surface area contributed by atoms with E-state index >= 15 is 0 Å². The molecule has 4 N–H and O–H groups in total. The van der Waals surface area contributed by atoms with Crippen molar-refractivity contribution in [2.75, 3.05) is 85.3 Å². The average Bonchev–Trinajstić information content (AvgIpc) is 3.47. The summed E-state index contributed by atoms with van der Waals surface area (Å²) in [6, 6.07) is 42.0. The molecule has 89 heavy (non-hydrogen) atoms. The van der Waals surface area contributed by atoms with Crippen LogP contribution in [0.25, 0.3) is 0 Å². The summed E-state index contributed by atoms with van der Waals surface area (Å²) in [5.41, 5.74) is 7.69. The molecule has 0 amide bonds. The van der Waals surface area contributed by atoms with E-state index in [1.165, 1.54) is 65.9 Å². The van der Waals surface area contributed by atoms with E-state index in [-0.39, 0.29) is 11.1 Å². The number of carboxylic acid groups (broad SMARTS) is 3. The molecule has 0 aromatic heterocycles. The Kier molecular flexibility index (Phi) is 29.0. The number of methoxy groups -OCH3 is 12. The van der Waals surface area contributed by atoms with Crippen LogP contribution in [-0.4, -0.2) is 130 Å². The number of carbonyl (C=O) groups is 4. The lowest BCUT2D eigenvalue weighted by molar-refractivity contribution is 0.0686. The molecule has 20 nitrogen and oxygen atoms in total. The minimum Gasteiger partial charge on any atom is -0.493 e. The van der Waals surface area contributed by atoms with Crippen molar-refractivity contribution >= 4 is 40.1 Å². The van der Waals surface area contributed by atoms with Gasteiger partial charge in [-0.15, -0.1) is 0 Å². The second-order valence-corrected chi connectivity index (χ2v) is 19.4. The number of aryl methyl sites for hydroxylation is 1. The number of aromatic carboxylic acids is 3. The molecule has 8 rings (SSSR count). The van der Waals surface area contributed by atoms with Crippen molar-refractivity contribution in [1.29, 1.82) is 0 Å². The van der Waals surface area contributed by atoms with Crippen LogP contribution < -0.4 is 56.8 Å². The van der Waals surface area contributed by atoms with Crippen LogP contribution in [0.4, 0.5) is 0 Å². The number of aldehydes is 1. The minimum absolute atomic E-state index is 0.153. The first kappa shape index (κ1) is 71.4. The molecule has 0 bridgehead atoms. The lowest BCUT2D eigenvalue weighted by Crippen LogP contribution is -2.05. The maximum atomic E-state index is 10.9. The van der Waals surface area contributed by atoms with Gasteiger partial charge in [0, 0.05) is 34.0 Å². The van der Waals surface area contributed by atoms with Crippen LogP contribution >= 0.6 is 15.9 Å². The molecule has 0 heterocycles. The van der Waals surface area contributed by atoms with E-state index in [4.69, 9.17) is 72.2 Å². The van der Waals surface area contributed by atoms with Crippen molar-refractivity contribution < 1.29 is 96.4 Å². The number of halogens is 1. The van der Waals surface area contributed by atoms with Gasteiger partial charge >= 0.3 is 17.9 Å². The number of hydrogen-bond donors (Lipinski definition) is 4. The van der Waals surface area contributed by atoms with E-state index in [0.717, 1.165) is 33.3 Å². The van der Waals surface area contributed by atoms with Crippen molar-refractivity contribution in [3.63, 3.8) is 0 Å². The van der Waals surface area contributed by atoms with Crippen molar-refractivity contribution in [2.24, 2.45) is 0 Å². The topological polar surface area (TPSA) is 260 Å². The summed E-state index contributed by atoms with van der Waals surface area (Å²) >= 11 is 3.20. The van der Waals surface area contributed by atoms with E-state index in [2.05, 4.69) is 47.1 Å². The molecule has 1 unspecified atom stereocenters. The molecule has 0 saturated heterocycles. The molecule has 8 aromatic carbocycles. The molecule has 0 aliphatic heterocycles. The van der Waals surface area contributed by atoms with E-state index in [0.29, 0.717) is 98.2 Å². The normalized spacial score (nSPS) is 10.3. The summed E-state index contributed by atoms with van der Waals surface area (Å²) in [5.74, 6) is 3.55. The smallest absolute Gasteiger partial charge is 0.335 e. The van der Waals surface area contributed by atoms with Crippen LogP contribution in [-0.2, 0) is 12.8 Å². The molecule has 0 spiro atoms. The Balaban J connectivity index is 0.000000244. The van der Waals surface area contributed by atoms with E-state index in [9.17, 15) is 24.3 Å². The molecular weight excluding hydrogens is 1220 g/mol. The van der Waals surface area contributed by atoms with Crippen LogP contribution in [0.3, 0.4) is 0 Å². The zero-order valence-corrected chi connectivity index (χ0v) is 53.2. The molecule has 0 aliphatic rings. The van der Waals surface area contributed by atoms with Gasteiger partial charge in [0.1, 0.15) is 6.10 Å². The molecule has 8 aromatic rings. The lowest BCUT2D eigenvalue weighted by atomic mass is 9.99. The Hall–Kier alpha value is -10.1. The largest absolute Gasteiger partial charge is 0.493 e. The third-order valence-electron chi connectivity index (χ3n) is 13.1. The summed E-state index contributed by atoms with van der Waals surface area (Å²) < 4.78 is 64.2. The average molecular weight is 1290 g/mol. The first-order valence-electron chi connectivity index (χ1n) is 26.8. The highest BCUT2D eigenvalue weighted by atomic mass is 79.9. The Morgan fingerprint density at radius 3 is 1.04 bits per heavy atom. The number of ether oxygens (including phenoxy) is 12. The van der Waals surface area contributed by atoms with Gasteiger partial charge < -0.3 is 77.3 Å². The van der Waals surface area contributed by atoms with Crippen molar-refractivity contribution in [2.45, 2.75) is 25.9 Å². The highest BCUT2D eigenvalue weighted by Crippen LogP contribution is 2.45. The van der Waals surface area contributed by atoms with Gasteiger partial charge in [-0.25, -0.2) is 14.4 Å². The standard InChI is InChI=1S/C17H18O6.C17H18O5.C17H20O3.C10H12O4.C7H5BrO2/c1-21-13-9-8-12(15(22-2)16(13)23-3)14(18)10-4-6-11(7-5-10)17(19)20;1-20-14-9-8-13(15(21-2)16(14)22-3)10-11-4-6-12(7-5-11)17(18)19;1-12-5-7-13(8-6-12)11-14-9-10-15(18-2)17(20-4)16(14)19-3;1-12-8-5-4-7(6-11)9(13-2)10(8)14-3;8-6-3-1-5(2-4-6)7(9)10/h4-9,14,18H,1-3H3,(H,19,20);4-9H,10H2,1-3H3,(H,18,19);5-10H,11H2,1-4H3;4-6H,1-3H3;1-4H,(H,9,10). The van der Waals surface area contributed by atoms with Crippen molar-refractivity contribution in [1.82, 2.24) is 0 Å². The maximum Gasteiger partial charge on any atom is 0.335 e. The third kappa shape index (κ3) is 19.4. The fourth-order valence-corrected chi connectivity index (χ4v) is 8.92. The zero-order chi connectivity index (χ0) is 65.7. The monoisotopic (exact) mass is 1290 g/mol. The summed E-state index contributed by atoms with van der Waals surface area (Å²) in [6.07, 6.45) is 1.11. The molecule has 0 aliphatic carbocycles. The number of hydrogen-bond acceptors (Lipinski definition) is 17. The minimum atomic E-state index is -1.02. The van der Waals surface area contributed by atoms with Crippen molar-refractivity contribution in [3.8, 4) is 69.0 Å². The third-order valence-corrected chi connectivity index (χ3v) is 13.7.